The van der Waals surface area contributed by atoms with Gasteiger partial charge in [0, 0.05) is 17.5 Å². The minimum absolute atomic E-state index is 0.0286. The minimum Gasteiger partial charge on any atom is -0.472 e. The Labute approximate surface area is 211 Å². The van der Waals surface area contributed by atoms with Gasteiger partial charge in [0.1, 0.15) is 12.4 Å². The van der Waals surface area contributed by atoms with E-state index in [1.165, 1.54) is 0 Å². The van der Waals surface area contributed by atoms with Gasteiger partial charge in [-0.15, -0.1) is 0 Å². The van der Waals surface area contributed by atoms with E-state index in [1.807, 2.05) is 79.7 Å². The number of aromatic nitrogens is 2. The topological polar surface area (TPSA) is 120 Å². The summed E-state index contributed by atoms with van der Waals surface area (Å²) in [5, 5.41) is 13.0. The van der Waals surface area contributed by atoms with Crippen molar-refractivity contribution in [3.05, 3.63) is 112 Å². The fourth-order valence-corrected chi connectivity index (χ4v) is 4.14. The van der Waals surface area contributed by atoms with Gasteiger partial charge < -0.3 is 21.4 Å². The van der Waals surface area contributed by atoms with Gasteiger partial charge in [0.15, 0.2) is 5.84 Å². The maximum absolute atomic E-state index is 9.33. The largest absolute Gasteiger partial charge is 0.472 e. The number of rotatable bonds is 9. The van der Waals surface area contributed by atoms with Gasteiger partial charge in [-0.3, -0.25) is 0 Å². The predicted molar refractivity (Wildman–Crippen MR) is 142 cm³/mol. The Morgan fingerprint density at radius 1 is 0.917 bits per heavy atom. The van der Waals surface area contributed by atoms with Crippen LogP contribution in [0, 0.1) is 6.92 Å². The number of aliphatic hydroxyl groups is 1. The molecular formula is C29H31N5O2. The normalized spacial score (nSPS) is 11.5. The Kier molecular flexibility index (Phi) is 7.92. The third-order valence-electron chi connectivity index (χ3n) is 6.07. The Morgan fingerprint density at radius 3 is 2.25 bits per heavy atom. The number of hydrogen-bond acceptors (Lipinski definition) is 6. The standard InChI is InChI=1S/C29H31N5O2/c1-3-27-26(16-20-8-10-21(17-35)11-9-20)29(33-19(2)32-27)36-18-22-12-14-23(15-13-22)24-6-4-5-7-25(24)28(30)34-31/h4-15,35H,3,16-18,31H2,1-2H3,(H2,30,34). The van der Waals surface area contributed by atoms with Gasteiger partial charge in [-0.25, -0.2) is 4.98 Å². The van der Waals surface area contributed by atoms with Crippen LogP contribution in [0.25, 0.3) is 11.1 Å². The van der Waals surface area contributed by atoms with Crippen LogP contribution < -0.4 is 16.3 Å². The summed E-state index contributed by atoms with van der Waals surface area (Å²) in [5.74, 6) is 6.99. The summed E-state index contributed by atoms with van der Waals surface area (Å²) >= 11 is 0. The first kappa shape index (κ1) is 24.9. The Bertz CT molecular complexity index is 1350. The molecule has 4 aromatic rings. The van der Waals surface area contributed by atoms with E-state index in [0.29, 0.717) is 30.6 Å². The fraction of sp³-hybridized carbons (Fsp3) is 0.207. The first-order chi connectivity index (χ1) is 17.5. The molecule has 0 spiro atoms. The van der Waals surface area contributed by atoms with Crippen molar-refractivity contribution in [2.75, 3.05) is 0 Å². The second-order valence-corrected chi connectivity index (χ2v) is 8.55. The molecule has 1 aromatic heterocycles. The van der Waals surface area contributed by atoms with Crippen LogP contribution >= 0.6 is 0 Å². The van der Waals surface area contributed by atoms with Gasteiger partial charge in [0.25, 0.3) is 0 Å². The number of aliphatic hydroxyl groups excluding tert-OH is 1. The maximum Gasteiger partial charge on any atom is 0.220 e. The van der Waals surface area contributed by atoms with E-state index < -0.39 is 0 Å². The molecule has 0 saturated heterocycles. The van der Waals surface area contributed by atoms with E-state index in [2.05, 4.69) is 22.0 Å². The number of benzene rings is 3. The molecule has 0 radical (unpaired) electrons. The molecular weight excluding hydrogens is 450 g/mol. The summed E-state index contributed by atoms with van der Waals surface area (Å²) in [5.41, 5.74) is 13.7. The number of nitrogens with two attached hydrogens (primary N) is 2. The zero-order chi connectivity index (χ0) is 25.5. The van der Waals surface area contributed by atoms with Gasteiger partial charge in [-0.05, 0) is 41.2 Å². The van der Waals surface area contributed by atoms with Crippen LogP contribution in [-0.4, -0.2) is 20.9 Å². The van der Waals surface area contributed by atoms with Crippen LogP contribution in [0.3, 0.4) is 0 Å². The van der Waals surface area contributed by atoms with E-state index in [9.17, 15) is 5.11 Å². The number of hydrogen-bond donors (Lipinski definition) is 3. The van der Waals surface area contributed by atoms with Gasteiger partial charge >= 0.3 is 0 Å². The van der Waals surface area contributed by atoms with E-state index in [4.69, 9.17) is 16.3 Å². The monoisotopic (exact) mass is 481 g/mol. The molecule has 0 unspecified atom stereocenters. The smallest absolute Gasteiger partial charge is 0.220 e. The highest BCUT2D eigenvalue weighted by Crippen LogP contribution is 2.27. The third-order valence-corrected chi connectivity index (χ3v) is 6.07. The number of nitrogens with zero attached hydrogens (tertiary/aromatic N) is 3. The fourth-order valence-electron chi connectivity index (χ4n) is 4.14. The highest BCUT2D eigenvalue weighted by Gasteiger charge is 2.15. The summed E-state index contributed by atoms with van der Waals surface area (Å²) < 4.78 is 6.24. The Balaban J connectivity index is 1.55. The molecule has 0 aliphatic rings. The predicted octanol–water partition coefficient (Wildman–Crippen LogP) is 4.26. The molecule has 0 amide bonds. The summed E-state index contributed by atoms with van der Waals surface area (Å²) in [6.45, 7) is 4.38. The summed E-state index contributed by atoms with van der Waals surface area (Å²) in [7, 11) is 0. The summed E-state index contributed by atoms with van der Waals surface area (Å²) in [6, 6.07) is 23.8. The second-order valence-electron chi connectivity index (χ2n) is 8.55. The van der Waals surface area contributed by atoms with Crippen molar-refractivity contribution >= 4 is 5.84 Å². The molecule has 5 N–H and O–H groups in total. The number of amidine groups is 1. The van der Waals surface area contributed by atoms with Crippen molar-refractivity contribution in [3.8, 4) is 17.0 Å². The average molecular weight is 482 g/mol. The van der Waals surface area contributed by atoms with E-state index in [0.717, 1.165) is 51.1 Å². The number of aryl methyl sites for hydroxylation is 2. The SMILES string of the molecule is CCc1nc(C)nc(OCc2ccc(-c3ccccc3/C(N)=N/N)cc2)c1Cc1ccc(CO)cc1. The van der Waals surface area contributed by atoms with Crippen molar-refractivity contribution in [2.45, 2.75) is 39.9 Å². The maximum atomic E-state index is 9.33. The highest BCUT2D eigenvalue weighted by molar-refractivity contribution is 6.03. The van der Waals surface area contributed by atoms with E-state index in [-0.39, 0.29) is 6.61 Å². The molecule has 0 aliphatic heterocycles. The van der Waals surface area contributed by atoms with Gasteiger partial charge in [0.2, 0.25) is 5.88 Å². The zero-order valence-electron chi connectivity index (χ0n) is 20.6. The first-order valence-electron chi connectivity index (χ1n) is 11.9. The van der Waals surface area contributed by atoms with E-state index >= 15 is 0 Å². The van der Waals surface area contributed by atoms with Gasteiger partial charge in [-0.2, -0.15) is 10.1 Å². The van der Waals surface area contributed by atoms with Crippen molar-refractivity contribution in [1.82, 2.24) is 9.97 Å². The first-order valence-corrected chi connectivity index (χ1v) is 11.9. The van der Waals surface area contributed by atoms with Crippen LogP contribution in [-0.2, 0) is 26.1 Å². The minimum atomic E-state index is 0.0286. The Morgan fingerprint density at radius 2 is 1.58 bits per heavy atom. The van der Waals surface area contributed by atoms with Crippen LogP contribution in [0.15, 0.2) is 77.9 Å². The molecule has 7 heteroatoms. The highest BCUT2D eigenvalue weighted by atomic mass is 16.5. The summed E-state index contributed by atoms with van der Waals surface area (Å²) in [6.07, 6.45) is 1.44. The van der Waals surface area contributed by atoms with Crippen molar-refractivity contribution < 1.29 is 9.84 Å². The van der Waals surface area contributed by atoms with Crippen molar-refractivity contribution in [2.24, 2.45) is 16.7 Å². The zero-order valence-corrected chi connectivity index (χ0v) is 20.6. The molecule has 0 atom stereocenters. The average Bonchev–Trinajstić information content (AvgIpc) is 2.93. The quantitative estimate of drug-likeness (QED) is 0.142. The van der Waals surface area contributed by atoms with Crippen molar-refractivity contribution in [1.29, 1.82) is 0 Å². The molecule has 0 bridgehead atoms. The summed E-state index contributed by atoms with van der Waals surface area (Å²) in [4.78, 5) is 9.27. The van der Waals surface area contributed by atoms with Gasteiger partial charge in [-0.1, -0.05) is 79.7 Å². The number of hydrazone groups is 1. The van der Waals surface area contributed by atoms with E-state index in [1.54, 1.807) is 0 Å². The van der Waals surface area contributed by atoms with Crippen LogP contribution in [0.4, 0.5) is 0 Å². The lowest BCUT2D eigenvalue weighted by atomic mass is 9.98. The molecule has 184 valence electrons. The van der Waals surface area contributed by atoms with Crippen LogP contribution in [0.5, 0.6) is 5.88 Å². The lowest BCUT2D eigenvalue weighted by molar-refractivity contribution is 0.282. The molecule has 7 nitrogen and oxygen atoms in total. The number of ether oxygens (including phenoxy) is 1. The molecule has 0 fully saturated rings. The van der Waals surface area contributed by atoms with Crippen molar-refractivity contribution in [3.63, 3.8) is 0 Å². The second kappa shape index (κ2) is 11.5. The van der Waals surface area contributed by atoms with Crippen LogP contribution in [0.2, 0.25) is 0 Å². The molecule has 0 saturated carbocycles. The molecule has 4 rings (SSSR count). The van der Waals surface area contributed by atoms with Crippen LogP contribution in [0.1, 0.15) is 46.3 Å². The third kappa shape index (κ3) is 5.70. The molecule has 3 aromatic carbocycles. The Hall–Kier alpha value is -4.23. The lowest BCUT2D eigenvalue weighted by Crippen LogP contribution is -2.16. The molecule has 1 heterocycles. The molecule has 36 heavy (non-hydrogen) atoms. The lowest BCUT2D eigenvalue weighted by Gasteiger charge is -2.15. The van der Waals surface area contributed by atoms with Gasteiger partial charge in [0.05, 0.1) is 12.3 Å². The molecule has 0 aliphatic carbocycles.